The summed E-state index contributed by atoms with van der Waals surface area (Å²) in [5.41, 5.74) is 2.53. The molecule has 7 nitrogen and oxygen atoms in total. The van der Waals surface area contributed by atoms with Gasteiger partial charge in [-0.3, -0.25) is 5.32 Å². The number of fused-ring (bicyclic) bond motifs is 1. The molecule has 0 atom stereocenters. The van der Waals surface area contributed by atoms with Gasteiger partial charge in [0.25, 0.3) is 0 Å². The molecule has 0 radical (unpaired) electrons. The molecule has 2 aromatic rings. The zero-order valence-electron chi connectivity index (χ0n) is 14.3. The number of nitrogens with zero attached hydrogens (tertiary/aromatic N) is 4. The predicted molar refractivity (Wildman–Crippen MR) is 98.2 cm³/mol. The van der Waals surface area contributed by atoms with E-state index < -0.39 is 0 Å². The summed E-state index contributed by atoms with van der Waals surface area (Å²) >= 11 is 1.47. The number of hydrogen-bond donors (Lipinski definition) is 2. The van der Waals surface area contributed by atoms with Crippen molar-refractivity contribution in [2.75, 3.05) is 29.9 Å². The predicted octanol–water partition coefficient (Wildman–Crippen LogP) is 2.38. The molecule has 132 valence electrons. The molecule has 2 amide bonds. The lowest BCUT2D eigenvalue weighted by Gasteiger charge is -2.40. The van der Waals surface area contributed by atoms with Gasteiger partial charge in [-0.05, 0) is 44.2 Å². The fraction of sp³-hybridized carbons (Fsp3) is 0.529. The Morgan fingerprint density at radius 1 is 1.32 bits per heavy atom. The Bertz CT molecular complexity index is 770. The Balaban J connectivity index is 1.23. The number of aromatic nitrogens is 3. The number of carbonyl (C=O) groups is 1. The molecule has 3 heterocycles. The summed E-state index contributed by atoms with van der Waals surface area (Å²) in [5.74, 6) is 1.42. The van der Waals surface area contributed by atoms with Crippen LogP contribution in [0.2, 0.25) is 0 Å². The first-order valence-corrected chi connectivity index (χ1v) is 9.57. The summed E-state index contributed by atoms with van der Waals surface area (Å²) < 4.78 is 0. The molecule has 1 fully saturated rings. The second-order valence-electron chi connectivity index (χ2n) is 6.76. The van der Waals surface area contributed by atoms with Crippen molar-refractivity contribution in [2.24, 2.45) is 5.92 Å². The summed E-state index contributed by atoms with van der Waals surface area (Å²) in [7, 11) is 0. The largest absolute Gasteiger partial charge is 0.354 e. The van der Waals surface area contributed by atoms with Crippen LogP contribution in [0, 0.1) is 12.8 Å². The highest BCUT2D eigenvalue weighted by Gasteiger charge is 2.29. The van der Waals surface area contributed by atoms with Gasteiger partial charge < -0.3 is 10.2 Å². The van der Waals surface area contributed by atoms with Crippen molar-refractivity contribution in [3.05, 3.63) is 28.4 Å². The monoisotopic (exact) mass is 358 g/mol. The van der Waals surface area contributed by atoms with E-state index in [1.54, 1.807) is 6.20 Å². The van der Waals surface area contributed by atoms with Crippen molar-refractivity contribution >= 4 is 28.3 Å². The van der Waals surface area contributed by atoms with Crippen molar-refractivity contribution in [1.29, 1.82) is 0 Å². The minimum absolute atomic E-state index is 0.193. The summed E-state index contributed by atoms with van der Waals surface area (Å²) in [6.45, 7) is 4.44. The van der Waals surface area contributed by atoms with Crippen LogP contribution in [-0.4, -0.2) is 40.8 Å². The van der Waals surface area contributed by atoms with Crippen LogP contribution in [0.1, 0.15) is 29.0 Å². The Labute approximate surface area is 150 Å². The summed E-state index contributed by atoms with van der Waals surface area (Å²) in [6, 6.07) is 2.00. The smallest absolute Gasteiger partial charge is 0.321 e. The van der Waals surface area contributed by atoms with Crippen molar-refractivity contribution < 1.29 is 4.79 Å². The Hall–Kier alpha value is -2.22. The molecule has 2 aromatic heterocycles. The average molecular weight is 358 g/mol. The number of nitrogens with one attached hydrogen (secondary N) is 2. The van der Waals surface area contributed by atoms with E-state index in [0.29, 0.717) is 17.6 Å². The molecule has 8 heteroatoms. The third-order valence-corrected chi connectivity index (χ3v) is 5.56. The number of anilines is 2. The van der Waals surface area contributed by atoms with Crippen LogP contribution in [0.3, 0.4) is 0 Å². The molecular formula is C17H22N6OS. The molecule has 0 aromatic carbocycles. The SMILES string of the molecule is Cc1cnc(NC(=O)NCC2CN(c3cc4c(nn3)CCCC4)C2)s1. The van der Waals surface area contributed by atoms with Gasteiger partial charge in [0, 0.05) is 36.6 Å². The number of thiazole rings is 1. The number of carbonyl (C=O) groups excluding carboxylic acids is 1. The van der Waals surface area contributed by atoms with E-state index >= 15 is 0 Å². The van der Waals surface area contributed by atoms with Gasteiger partial charge in [-0.1, -0.05) is 0 Å². The van der Waals surface area contributed by atoms with Gasteiger partial charge in [0.05, 0.1) is 5.69 Å². The quantitative estimate of drug-likeness (QED) is 0.877. The van der Waals surface area contributed by atoms with Crippen LogP contribution < -0.4 is 15.5 Å². The normalized spacial score (nSPS) is 16.9. The molecule has 2 aliphatic rings. The third-order valence-electron chi connectivity index (χ3n) is 4.73. The maximum absolute atomic E-state index is 11.9. The van der Waals surface area contributed by atoms with Crippen LogP contribution in [0.15, 0.2) is 12.3 Å². The molecular weight excluding hydrogens is 336 g/mol. The first kappa shape index (κ1) is 16.3. The van der Waals surface area contributed by atoms with E-state index in [0.717, 1.165) is 36.6 Å². The second-order valence-corrected chi connectivity index (χ2v) is 8.00. The van der Waals surface area contributed by atoms with Crippen molar-refractivity contribution in [1.82, 2.24) is 20.5 Å². The molecule has 25 heavy (non-hydrogen) atoms. The third kappa shape index (κ3) is 3.73. The van der Waals surface area contributed by atoms with E-state index in [2.05, 4.69) is 36.8 Å². The molecule has 1 aliphatic carbocycles. The van der Waals surface area contributed by atoms with Crippen molar-refractivity contribution in [3.63, 3.8) is 0 Å². The highest BCUT2D eigenvalue weighted by Crippen LogP contribution is 2.26. The van der Waals surface area contributed by atoms with E-state index in [4.69, 9.17) is 0 Å². The van der Waals surface area contributed by atoms with Crippen molar-refractivity contribution in [2.45, 2.75) is 32.6 Å². The van der Waals surface area contributed by atoms with E-state index in [1.807, 2.05) is 6.92 Å². The maximum atomic E-state index is 11.9. The van der Waals surface area contributed by atoms with Crippen molar-refractivity contribution in [3.8, 4) is 0 Å². The lowest BCUT2D eigenvalue weighted by atomic mass is 9.95. The van der Waals surface area contributed by atoms with Crippen LogP contribution in [0.5, 0.6) is 0 Å². The zero-order valence-corrected chi connectivity index (χ0v) is 15.1. The maximum Gasteiger partial charge on any atom is 0.321 e. The fourth-order valence-corrected chi connectivity index (χ4v) is 3.97. The van der Waals surface area contributed by atoms with Crippen LogP contribution >= 0.6 is 11.3 Å². The van der Waals surface area contributed by atoms with Gasteiger partial charge in [-0.25, -0.2) is 9.78 Å². The number of hydrogen-bond acceptors (Lipinski definition) is 6. The van der Waals surface area contributed by atoms with Crippen LogP contribution in [-0.2, 0) is 12.8 Å². The van der Waals surface area contributed by atoms with Crippen LogP contribution in [0.4, 0.5) is 15.7 Å². The van der Waals surface area contributed by atoms with Crippen LogP contribution in [0.25, 0.3) is 0 Å². The number of urea groups is 1. The molecule has 0 unspecified atom stereocenters. The van der Waals surface area contributed by atoms with Gasteiger partial charge >= 0.3 is 6.03 Å². The van der Waals surface area contributed by atoms with E-state index in [1.165, 1.54) is 35.4 Å². The molecule has 0 bridgehead atoms. The number of rotatable bonds is 4. The molecule has 0 spiro atoms. The Kier molecular flexibility index (Phi) is 4.52. The standard InChI is InChI=1S/C17H22N6OS/c1-11-7-19-17(25-11)20-16(24)18-8-12-9-23(10-12)15-6-13-4-2-3-5-14(13)21-22-15/h6-7,12H,2-5,8-10H2,1H3,(H2,18,19,20,24). The van der Waals surface area contributed by atoms with Gasteiger partial charge in [0.2, 0.25) is 0 Å². The van der Waals surface area contributed by atoms with Gasteiger partial charge in [-0.15, -0.1) is 16.4 Å². The molecule has 1 saturated heterocycles. The Morgan fingerprint density at radius 2 is 2.16 bits per heavy atom. The highest BCUT2D eigenvalue weighted by molar-refractivity contribution is 7.15. The topological polar surface area (TPSA) is 83.0 Å². The lowest BCUT2D eigenvalue weighted by Crippen LogP contribution is -2.52. The summed E-state index contributed by atoms with van der Waals surface area (Å²) in [6.07, 6.45) is 6.40. The first-order chi connectivity index (χ1) is 12.2. The Morgan fingerprint density at radius 3 is 2.96 bits per heavy atom. The molecule has 0 saturated carbocycles. The minimum Gasteiger partial charge on any atom is -0.354 e. The number of aryl methyl sites for hydroxylation is 3. The molecule has 4 rings (SSSR count). The van der Waals surface area contributed by atoms with Gasteiger partial charge in [-0.2, -0.15) is 5.10 Å². The second kappa shape index (κ2) is 6.95. The average Bonchev–Trinajstić information content (AvgIpc) is 2.98. The minimum atomic E-state index is -0.193. The highest BCUT2D eigenvalue weighted by atomic mass is 32.1. The molecule has 2 N–H and O–H groups in total. The first-order valence-electron chi connectivity index (χ1n) is 8.75. The molecule has 1 aliphatic heterocycles. The van der Waals surface area contributed by atoms with Gasteiger partial charge in [0.15, 0.2) is 10.9 Å². The number of amides is 2. The fourth-order valence-electron chi connectivity index (χ4n) is 3.31. The van der Waals surface area contributed by atoms with Gasteiger partial charge in [0.1, 0.15) is 0 Å². The summed E-state index contributed by atoms with van der Waals surface area (Å²) in [4.78, 5) is 19.3. The summed E-state index contributed by atoms with van der Waals surface area (Å²) in [5, 5.41) is 15.1. The zero-order chi connectivity index (χ0) is 17.2. The lowest BCUT2D eigenvalue weighted by molar-refractivity contribution is 0.248. The van der Waals surface area contributed by atoms with E-state index in [9.17, 15) is 4.79 Å². The van der Waals surface area contributed by atoms with E-state index in [-0.39, 0.29) is 6.03 Å².